The number of aliphatic carboxylic acids is 3. The van der Waals surface area contributed by atoms with Crippen molar-refractivity contribution in [3.8, 4) is 0 Å². The van der Waals surface area contributed by atoms with E-state index in [-0.39, 0.29) is 42.3 Å². The first-order chi connectivity index (χ1) is 8.70. The zero-order valence-electron chi connectivity index (χ0n) is 11.7. The van der Waals surface area contributed by atoms with E-state index in [9.17, 15) is 24.3 Å². The largest absolute Gasteiger partial charge is 1.00 e. The number of esters is 1. The zero-order chi connectivity index (χ0) is 15.1. The van der Waals surface area contributed by atoms with Crippen LogP contribution in [0.1, 0.15) is 0 Å². The second kappa shape index (κ2) is 11.5. The van der Waals surface area contributed by atoms with Crippen LogP contribution in [0.3, 0.4) is 0 Å². The summed E-state index contributed by atoms with van der Waals surface area (Å²) < 4.78 is 3.46. The van der Waals surface area contributed by atoms with Gasteiger partial charge in [0.1, 0.15) is 6.54 Å². The molecule has 0 rings (SSSR count). The number of hydrogen-bond donors (Lipinski definition) is 3. The summed E-state index contributed by atoms with van der Waals surface area (Å²) in [7, 11) is 0. The molecule has 11 heteroatoms. The maximum atomic E-state index is 11.3. The predicted molar refractivity (Wildman–Crippen MR) is 61.3 cm³/mol. The molecular weight excluding hydrogens is 299 g/mol. The zero-order valence-corrected chi connectivity index (χ0v) is 13.7. The molecule has 116 valence electrons. The average molecular weight is 316 g/mol. The molecule has 0 aromatic heterocycles. The SMILES string of the molecule is N.[CH2-]COC(=O)C[N+](CC(=O)[O-])(CC(=O)O)CC(=O)O.[Na+]. The number of quaternary nitrogens is 1. The average Bonchev–Trinajstić information content (AvgIpc) is 2.12. The molecule has 0 aromatic carbocycles. The number of hydrogen-bond acceptors (Lipinski definition) is 7. The van der Waals surface area contributed by atoms with Gasteiger partial charge in [-0.2, -0.15) is 0 Å². The fourth-order valence-corrected chi connectivity index (χ4v) is 1.62. The van der Waals surface area contributed by atoms with Crippen LogP contribution in [0, 0.1) is 6.92 Å². The summed E-state index contributed by atoms with van der Waals surface area (Å²) in [5.41, 5.74) is 0. The smallest absolute Gasteiger partial charge is 0.544 e. The normalized spacial score (nSPS) is 9.76. The maximum Gasteiger partial charge on any atom is 1.00 e. The van der Waals surface area contributed by atoms with Crippen LogP contribution in [-0.2, 0) is 23.9 Å². The van der Waals surface area contributed by atoms with E-state index in [2.05, 4.69) is 11.7 Å². The van der Waals surface area contributed by atoms with Crippen LogP contribution in [-0.4, -0.2) is 71.4 Å². The van der Waals surface area contributed by atoms with Crippen molar-refractivity contribution in [3.05, 3.63) is 6.92 Å². The first-order valence-corrected chi connectivity index (χ1v) is 5.14. The molecular formula is C10H17N2NaO8. The molecule has 21 heavy (non-hydrogen) atoms. The van der Waals surface area contributed by atoms with Gasteiger partial charge in [-0.15, -0.1) is 0 Å². The molecule has 0 fully saturated rings. The van der Waals surface area contributed by atoms with Crippen LogP contribution in [0.2, 0.25) is 0 Å². The summed E-state index contributed by atoms with van der Waals surface area (Å²) in [6.45, 7) is -0.346. The van der Waals surface area contributed by atoms with Gasteiger partial charge in [-0.3, -0.25) is 4.48 Å². The first-order valence-electron chi connectivity index (χ1n) is 5.14. The molecule has 0 radical (unpaired) electrons. The summed E-state index contributed by atoms with van der Waals surface area (Å²) in [6.07, 6.45) is 0. The number of rotatable bonds is 9. The quantitative estimate of drug-likeness (QED) is 0.162. The van der Waals surface area contributed by atoms with Crippen molar-refractivity contribution in [1.82, 2.24) is 6.15 Å². The molecule has 0 atom stereocenters. The number of ether oxygens (including phenoxy) is 1. The van der Waals surface area contributed by atoms with Gasteiger partial charge in [-0.1, -0.05) is 0 Å². The molecule has 0 spiro atoms. The minimum Gasteiger partial charge on any atom is -0.544 e. The van der Waals surface area contributed by atoms with Gasteiger partial charge in [-0.25, -0.2) is 14.4 Å². The van der Waals surface area contributed by atoms with E-state index < -0.39 is 54.5 Å². The van der Waals surface area contributed by atoms with E-state index in [1.165, 1.54) is 0 Å². The summed E-state index contributed by atoms with van der Waals surface area (Å²) in [5, 5.41) is 28.1. The first kappa shape index (κ1) is 24.8. The van der Waals surface area contributed by atoms with Crippen LogP contribution in [0.4, 0.5) is 0 Å². The van der Waals surface area contributed by atoms with Crippen molar-refractivity contribution in [2.24, 2.45) is 0 Å². The van der Waals surface area contributed by atoms with Crippen molar-refractivity contribution >= 4 is 23.9 Å². The van der Waals surface area contributed by atoms with Crippen molar-refractivity contribution in [1.29, 1.82) is 0 Å². The van der Waals surface area contributed by atoms with Gasteiger partial charge in [0, 0.05) is 0 Å². The van der Waals surface area contributed by atoms with Crippen molar-refractivity contribution in [2.75, 3.05) is 32.8 Å². The van der Waals surface area contributed by atoms with E-state index in [0.717, 1.165) is 0 Å². The summed E-state index contributed by atoms with van der Waals surface area (Å²) >= 11 is 0. The minimum atomic E-state index is -1.66. The molecule has 0 saturated carbocycles. The Morgan fingerprint density at radius 2 is 1.43 bits per heavy atom. The van der Waals surface area contributed by atoms with Gasteiger partial charge in [0.2, 0.25) is 0 Å². The Hall–Kier alpha value is -1.20. The van der Waals surface area contributed by atoms with Gasteiger partial charge in [0.25, 0.3) is 0 Å². The fourth-order valence-electron chi connectivity index (χ4n) is 1.62. The number of carbonyl (C=O) groups excluding carboxylic acids is 2. The molecule has 0 heterocycles. The van der Waals surface area contributed by atoms with E-state index in [1.807, 2.05) is 0 Å². The third-order valence-corrected chi connectivity index (χ3v) is 2.13. The molecule has 0 aromatic rings. The van der Waals surface area contributed by atoms with Crippen LogP contribution in [0.5, 0.6) is 0 Å². The molecule has 0 aliphatic heterocycles. The Bertz CT molecular complexity index is 346. The summed E-state index contributed by atoms with van der Waals surface area (Å²) in [4.78, 5) is 43.4. The second-order valence-electron chi connectivity index (χ2n) is 3.85. The maximum absolute atomic E-state index is 11.3. The Labute approximate surface area is 143 Å². The Balaban J connectivity index is -0.00000162. The second-order valence-corrected chi connectivity index (χ2v) is 3.85. The molecule has 5 N–H and O–H groups in total. The van der Waals surface area contributed by atoms with E-state index in [1.54, 1.807) is 0 Å². The van der Waals surface area contributed by atoms with E-state index >= 15 is 0 Å². The molecule has 0 bridgehead atoms. The fraction of sp³-hybridized carbons (Fsp3) is 0.500. The van der Waals surface area contributed by atoms with Crippen molar-refractivity contribution in [3.63, 3.8) is 0 Å². The molecule has 10 nitrogen and oxygen atoms in total. The van der Waals surface area contributed by atoms with Gasteiger partial charge >= 0.3 is 47.5 Å². The van der Waals surface area contributed by atoms with Crippen LogP contribution < -0.4 is 40.8 Å². The molecule has 0 unspecified atom stereocenters. The molecule has 0 saturated heterocycles. The number of carbonyl (C=O) groups is 4. The summed E-state index contributed by atoms with van der Waals surface area (Å²) in [5.74, 6) is -5.47. The number of carboxylic acid groups (broad SMARTS) is 3. The van der Waals surface area contributed by atoms with Crippen LogP contribution in [0.25, 0.3) is 0 Å². The molecule has 0 aliphatic rings. The molecule has 0 aliphatic carbocycles. The van der Waals surface area contributed by atoms with E-state index in [4.69, 9.17) is 10.2 Å². The third kappa shape index (κ3) is 11.2. The molecule has 0 amide bonds. The van der Waals surface area contributed by atoms with Gasteiger partial charge < -0.3 is 37.9 Å². The number of nitrogens with zero attached hydrogens (tertiary/aromatic N) is 1. The Morgan fingerprint density at radius 3 is 1.71 bits per heavy atom. The number of carboxylic acids is 3. The Kier molecular flexibility index (Phi) is 13.5. The van der Waals surface area contributed by atoms with E-state index in [0.29, 0.717) is 0 Å². The van der Waals surface area contributed by atoms with Gasteiger partial charge in [0.15, 0.2) is 19.6 Å². The van der Waals surface area contributed by atoms with Crippen molar-refractivity contribution in [2.45, 2.75) is 0 Å². The van der Waals surface area contributed by atoms with Gasteiger partial charge in [0.05, 0.1) is 5.97 Å². The van der Waals surface area contributed by atoms with Crippen molar-refractivity contribution < 1.29 is 73.3 Å². The van der Waals surface area contributed by atoms with Crippen LogP contribution >= 0.6 is 0 Å². The predicted octanol–water partition coefficient (Wildman–Crippen LogP) is -5.73. The standard InChI is InChI=1S/C10H15NO8.H3N.Na/c1-2-19-10(18)6-11(3-7(12)13,4-8(14)15)5-9(16)17;;/h1-6H2,(H,12,13)(H,14,15)(H,16,17);1H3;/q;;+1/p-1. The third-order valence-electron chi connectivity index (χ3n) is 2.13. The van der Waals surface area contributed by atoms with Gasteiger partial charge in [-0.05, 0) is 6.61 Å². The Morgan fingerprint density at radius 1 is 1.00 bits per heavy atom. The monoisotopic (exact) mass is 316 g/mol. The minimum absolute atomic E-state index is 0. The van der Waals surface area contributed by atoms with Crippen LogP contribution in [0.15, 0.2) is 0 Å². The summed E-state index contributed by atoms with van der Waals surface area (Å²) in [6, 6.07) is 0. The topological polar surface area (TPSA) is 176 Å².